The molecule has 0 unspecified atom stereocenters. The standard InChI is InChI=1S/C28H32N2O4/c1-31-23-9-11-27(33-3)21(15-23)18-30(19-22-16-24(32-2)10-12-28(22)34-4)14-13-20-17-29-26-8-6-5-7-25(20)26/h5-12,15-17,29H,13-14,18-19H2,1-4H3. The minimum Gasteiger partial charge on any atom is -0.497 e. The SMILES string of the molecule is COc1ccc(OC)c(CN(CCc2c[nH]c3ccccc23)Cc2cc(OC)ccc2OC)c1. The van der Waals surface area contributed by atoms with Gasteiger partial charge in [0.15, 0.2) is 0 Å². The number of methoxy groups -OCH3 is 4. The molecule has 0 aliphatic carbocycles. The summed E-state index contributed by atoms with van der Waals surface area (Å²) >= 11 is 0. The Kier molecular flexibility index (Phi) is 7.60. The van der Waals surface area contributed by atoms with Crippen LogP contribution in [0.2, 0.25) is 0 Å². The molecule has 0 radical (unpaired) electrons. The molecule has 0 aliphatic heterocycles. The molecule has 178 valence electrons. The van der Waals surface area contributed by atoms with Crippen molar-refractivity contribution < 1.29 is 18.9 Å². The molecule has 0 atom stereocenters. The Labute approximate surface area is 201 Å². The number of nitrogens with zero attached hydrogens (tertiary/aromatic N) is 1. The van der Waals surface area contributed by atoms with E-state index in [4.69, 9.17) is 18.9 Å². The molecule has 0 amide bonds. The monoisotopic (exact) mass is 460 g/mol. The zero-order valence-corrected chi connectivity index (χ0v) is 20.3. The Morgan fingerprint density at radius 2 is 1.26 bits per heavy atom. The van der Waals surface area contributed by atoms with Gasteiger partial charge in [0.1, 0.15) is 23.0 Å². The molecule has 0 saturated heterocycles. The Balaban J connectivity index is 1.63. The van der Waals surface area contributed by atoms with Crippen LogP contribution in [0.1, 0.15) is 16.7 Å². The third-order valence-corrected chi connectivity index (χ3v) is 6.14. The van der Waals surface area contributed by atoms with Gasteiger partial charge in [0.2, 0.25) is 0 Å². The number of aromatic nitrogens is 1. The summed E-state index contributed by atoms with van der Waals surface area (Å²) in [5.41, 5.74) is 4.61. The maximum absolute atomic E-state index is 5.65. The Bertz CT molecular complexity index is 1180. The first-order chi connectivity index (χ1) is 16.6. The molecule has 4 rings (SSSR count). The predicted molar refractivity (Wildman–Crippen MR) is 135 cm³/mol. The highest BCUT2D eigenvalue weighted by Gasteiger charge is 2.16. The Hall–Kier alpha value is -3.64. The van der Waals surface area contributed by atoms with Crippen molar-refractivity contribution in [2.75, 3.05) is 35.0 Å². The first-order valence-corrected chi connectivity index (χ1v) is 11.3. The van der Waals surface area contributed by atoms with E-state index in [2.05, 4.69) is 40.3 Å². The average molecular weight is 461 g/mol. The van der Waals surface area contributed by atoms with E-state index < -0.39 is 0 Å². The molecule has 3 aromatic carbocycles. The summed E-state index contributed by atoms with van der Waals surface area (Å²) in [5.74, 6) is 3.31. The van der Waals surface area contributed by atoms with E-state index in [9.17, 15) is 0 Å². The Morgan fingerprint density at radius 3 is 1.82 bits per heavy atom. The van der Waals surface area contributed by atoms with E-state index in [1.54, 1.807) is 28.4 Å². The highest BCUT2D eigenvalue weighted by atomic mass is 16.5. The van der Waals surface area contributed by atoms with Crippen LogP contribution in [0.25, 0.3) is 10.9 Å². The van der Waals surface area contributed by atoms with Crippen molar-refractivity contribution in [3.05, 3.63) is 83.6 Å². The molecule has 0 bridgehead atoms. The van der Waals surface area contributed by atoms with E-state index in [0.29, 0.717) is 13.1 Å². The molecule has 34 heavy (non-hydrogen) atoms. The van der Waals surface area contributed by atoms with Gasteiger partial charge in [-0.2, -0.15) is 0 Å². The highest BCUT2D eigenvalue weighted by molar-refractivity contribution is 5.83. The number of rotatable bonds is 11. The van der Waals surface area contributed by atoms with Crippen molar-refractivity contribution in [1.29, 1.82) is 0 Å². The van der Waals surface area contributed by atoms with Crippen LogP contribution in [0.15, 0.2) is 66.9 Å². The molecule has 0 saturated carbocycles. The zero-order chi connectivity index (χ0) is 23.9. The van der Waals surface area contributed by atoms with E-state index in [-0.39, 0.29) is 0 Å². The van der Waals surface area contributed by atoms with Gasteiger partial charge in [-0.3, -0.25) is 4.90 Å². The number of ether oxygens (including phenoxy) is 4. The first-order valence-electron chi connectivity index (χ1n) is 11.3. The first kappa shape index (κ1) is 23.5. The lowest BCUT2D eigenvalue weighted by molar-refractivity contribution is 0.250. The average Bonchev–Trinajstić information content (AvgIpc) is 3.30. The van der Waals surface area contributed by atoms with Crippen molar-refractivity contribution in [1.82, 2.24) is 9.88 Å². The van der Waals surface area contributed by atoms with Gasteiger partial charge in [-0.25, -0.2) is 0 Å². The topological polar surface area (TPSA) is 56.0 Å². The molecular formula is C28H32N2O4. The van der Waals surface area contributed by atoms with Crippen molar-refractivity contribution in [2.45, 2.75) is 19.5 Å². The lowest BCUT2D eigenvalue weighted by Crippen LogP contribution is -2.26. The molecule has 0 fully saturated rings. The normalized spacial score (nSPS) is 11.1. The third kappa shape index (κ3) is 5.29. The number of H-pyrrole nitrogens is 1. The van der Waals surface area contributed by atoms with Crippen molar-refractivity contribution in [3.63, 3.8) is 0 Å². The van der Waals surface area contributed by atoms with Crippen LogP contribution in [0, 0.1) is 0 Å². The molecule has 6 heteroatoms. The number of aromatic amines is 1. The van der Waals surface area contributed by atoms with Crippen LogP contribution in [0.3, 0.4) is 0 Å². The van der Waals surface area contributed by atoms with Gasteiger partial charge in [-0.15, -0.1) is 0 Å². The lowest BCUT2D eigenvalue weighted by atomic mass is 10.1. The maximum atomic E-state index is 5.65. The Morgan fingerprint density at radius 1 is 0.676 bits per heavy atom. The largest absolute Gasteiger partial charge is 0.497 e. The number of nitrogens with one attached hydrogen (secondary N) is 1. The molecule has 6 nitrogen and oxygen atoms in total. The molecule has 4 aromatic rings. The van der Waals surface area contributed by atoms with Gasteiger partial charge in [0.25, 0.3) is 0 Å². The molecular weight excluding hydrogens is 428 g/mol. The molecule has 0 spiro atoms. The van der Waals surface area contributed by atoms with Gasteiger partial charge in [-0.1, -0.05) is 18.2 Å². The van der Waals surface area contributed by atoms with Crippen LogP contribution in [-0.2, 0) is 19.5 Å². The zero-order valence-electron chi connectivity index (χ0n) is 20.3. The summed E-state index contributed by atoms with van der Waals surface area (Å²) < 4.78 is 22.3. The number of hydrogen-bond donors (Lipinski definition) is 1. The van der Waals surface area contributed by atoms with Gasteiger partial charge in [0.05, 0.1) is 28.4 Å². The maximum Gasteiger partial charge on any atom is 0.123 e. The van der Waals surface area contributed by atoms with E-state index in [1.807, 2.05) is 36.4 Å². The van der Waals surface area contributed by atoms with Crippen molar-refractivity contribution in [3.8, 4) is 23.0 Å². The summed E-state index contributed by atoms with van der Waals surface area (Å²) in [6.07, 6.45) is 3.02. The number of hydrogen-bond acceptors (Lipinski definition) is 5. The quantitative estimate of drug-likeness (QED) is 0.323. The van der Waals surface area contributed by atoms with Gasteiger partial charge < -0.3 is 23.9 Å². The highest BCUT2D eigenvalue weighted by Crippen LogP contribution is 2.29. The van der Waals surface area contributed by atoms with E-state index >= 15 is 0 Å². The number of benzene rings is 3. The van der Waals surface area contributed by atoms with Gasteiger partial charge >= 0.3 is 0 Å². The van der Waals surface area contributed by atoms with Crippen molar-refractivity contribution >= 4 is 10.9 Å². The third-order valence-electron chi connectivity index (χ3n) is 6.14. The fraction of sp³-hybridized carbons (Fsp3) is 0.286. The fourth-order valence-electron chi connectivity index (χ4n) is 4.32. The smallest absolute Gasteiger partial charge is 0.123 e. The predicted octanol–water partition coefficient (Wildman–Crippen LogP) is 5.45. The number of para-hydroxylation sites is 1. The minimum absolute atomic E-state index is 0.698. The van der Waals surface area contributed by atoms with Gasteiger partial charge in [0, 0.05) is 47.9 Å². The minimum atomic E-state index is 0.698. The van der Waals surface area contributed by atoms with Gasteiger partial charge in [-0.05, 0) is 54.4 Å². The second kappa shape index (κ2) is 11.0. The summed E-state index contributed by atoms with van der Waals surface area (Å²) in [6.45, 7) is 2.24. The number of fused-ring (bicyclic) bond motifs is 1. The summed E-state index contributed by atoms with van der Waals surface area (Å²) in [4.78, 5) is 5.79. The molecule has 1 N–H and O–H groups in total. The van der Waals surface area contributed by atoms with E-state index in [0.717, 1.165) is 52.6 Å². The summed E-state index contributed by atoms with van der Waals surface area (Å²) in [5, 5.41) is 1.26. The van der Waals surface area contributed by atoms with Crippen LogP contribution in [0.5, 0.6) is 23.0 Å². The van der Waals surface area contributed by atoms with E-state index in [1.165, 1.54) is 10.9 Å². The second-order valence-corrected chi connectivity index (χ2v) is 8.18. The second-order valence-electron chi connectivity index (χ2n) is 8.18. The lowest BCUT2D eigenvalue weighted by Gasteiger charge is -2.25. The van der Waals surface area contributed by atoms with Crippen LogP contribution in [-0.4, -0.2) is 44.9 Å². The summed E-state index contributed by atoms with van der Waals surface area (Å²) in [6, 6.07) is 20.3. The molecule has 0 aliphatic rings. The van der Waals surface area contributed by atoms with Crippen LogP contribution in [0.4, 0.5) is 0 Å². The molecule has 1 aromatic heterocycles. The fourth-order valence-corrected chi connectivity index (χ4v) is 4.32. The molecule has 1 heterocycles. The van der Waals surface area contributed by atoms with Crippen LogP contribution < -0.4 is 18.9 Å². The summed E-state index contributed by atoms with van der Waals surface area (Å²) in [7, 11) is 6.77. The van der Waals surface area contributed by atoms with Crippen molar-refractivity contribution in [2.24, 2.45) is 0 Å². The van der Waals surface area contributed by atoms with Crippen LogP contribution >= 0.6 is 0 Å².